The monoisotopic (exact) mass is 286 g/mol. The Kier molecular flexibility index (Phi) is 2.98. The Morgan fingerprint density at radius 2 is 2.27 bits per heavy atom. The maximum Gasteiger partial charge on any atom is 0.120 e. The van der Waals surface area contributed by atoms with Crippen LogP contribution in [0.1, 0.15) is 0 Å². The zero-order valence-corrected chi connectivity index (χ0v) is 10.3. The van der Waals surface area contributed by atoms with Crippen LogP contribution in [0, 0.1) is 0 Å². The average molecular weight is 288 g/mol. The number of ether oxygens (including phenoxy) is 1. The first-order valence-corrected chi connectivity index (χ1v) is 5.42. The van der Waals surface area contributed by atoms with Crippen molar-refractivity contribution in [1.82, 2.24) is 9.97 Å². The summed E-state index contributed by atoms with van der Waals surface area (Å²) < 4.78 is 5.89. The third kappa shape index (κ3) is 2.01. The molecular formula is C10H8BrClN2O. The van der Waals surface area contributed by atoms with Gasteiger partial charge in [0, 0.05) is 5.56 Å². The molecule has 5 heteroatoms. The van der Waals surface area contributed by atoms with Gasteiger partial charge in [0.15, 0.2) is 0 Å². The van der Waals surface area contributed by atoms with Crippen LogP contribution in [0.5, 0.6) is 5.75 Å². The van der Waals surface area contributed by atoms with Crippen LogP contribution in [0.25, 0.3) is 11.3 Å². The molecule has 3 nitrogen and oxygen atoms in total. The van der Waals surface area contributed by atoms with E-state index in [0.29, 0.717) is 5.02 Å². The summed E-state index contributed by atoms with van der Waals surface area (Å²) in [5.41, 5.74) is 1.66. The Hall–Kier alpha value is -1.00. The highest BCUT2D eigenvalue weighted by atomic mass is 79.9. The summed E-state index contributed by atoms with van der Waals surface area (Å²) in [6, 6.07) is 5.49. The van der Waals surface area contributed by atoms with Crippen molar-refractivity contribution in [2.75, 3.05) is 7.11 Å². The highest BCUT2D eigenvalue weighted by Crippen LogP contribution is 2.33. The summed E-state index contributed by atoms with van der Waals surface area (Å²) in [6.07, 6.45) is 1.61. The molecule has 0 saturated heterocycles. The quantitative estimate of drug-likeness (QED) is 0.918. The van der Waals surface area contributed by atoms with Crippen LogP contribution in [0.2, 0.25) is 5.02 Å². The second-order valence-corrected chi connectivity index (χ2v) is 4.11. The fourth-order valence-corrected chi connectivity index (χ4v) is 1.96. The molecule has 15 heavy (non-hydrogen) atoms. The molecule has 0 fully saturated rings. The van der Waals surface area contributed by atoms with E-state index in [4.69, 9.17) is 16.3 Å². The van der Waals surface area contributed by atoms with Crippen molar-refractivity contribution in [3.63, 3.8) is 0 Å². The van der Waals surface area contributed by atoms with E-state index in [1.807, 2.05) is 12.1 Å². The van der Waals surface area contributed by atoms with Crippen molar-refractivity contribution < 1.29 is 4.74 Å². The van der Waals surface area contributed by atoms with Gasteiger partial charge in [0.05, 0.1) is 18.5 Å². The lowest BCUT2D eigenvalue weighted by Gasteiger charge is -2.04. The van der Waals surface area contributed by atoms with Crippen molar-refractivity contribution in [2.45, 2.75) is 0 Å². The molecule has 1 N–H and O–H groups in total. The van der Waals surface area contributed by atoms with Crippen LogP contribution < -0.4 is 4.74 Å². The van der Waals surface area contributed by atoms with Crippen molar-refractivity contribution >= 4 is 27.5 Å². The molecule has 0 bridgehead atoms. The highest BCUT2D eigenvalue weighted by molar-refractivity contribution is 9.10. The Balaban J connectivity index is 2.50. The molecule has 0 aliphatic heterocycles. The smallest absolute Gasteiger partial charge is 0.120 e. The van der Waals surface area contributed by atoms with Crippen LogP contribution in [-0.4, -0.2) is 17.1 Å². The van der Waals surface area contributed by atoms with Gasteiger partial charge in [-0.1, -0.05) is 11.6 Å². The van der Waals surface area contributed by atoms with E-state index in [0.717, 1.165) is 21.6 Å². The van der Waals surface area contributed by atoms with Crippen LogP contribution in [0.15, 0.2) is 29.1 Å². The van der Waals surface area contributed by atoms with Gasteiger partial charge in [-0.2, -0.15) is 0 Å². The van der Waals surface area contributed by atoms with Crippen LogP contribution in [-0.2, 0) is 0 Å². The maximum absolute atomic E-state index is 6.12. The fourth-order valence-electron chi connectivity index (χ4n) is 1.28. The van der Waals surface area contributed by atoms with Gasteiger partial charge in [-0.25, -0.2) is 4.98 Å². The van der Waals surface area contributed by atoms with Gasteiger partial charge in [0.25, 0.3) is 0 Å². The molecule has 1 heterocycles. The normalized spacial score (nSPS) is 10.3. The summed E-state index contributed by atoms with van der Waals surface area (Å²) >= 11 is 9.48. The molecule has 1 aromatic heterocycles. The number of imidazole rings is 1. The lowest BCUT2D eigenvalue weighted by molar-refractivity contribution is 0.415. The van der Waals surface area contributed by atoms with Gasteiger partial charge >= 0.3 is 0 Å². The molecule has 2 aromatic rings. The molecule has 0 spiro atoms. The van der Waals surface area contributed by atoms with E-state index in [-0.39, 0.29) is 0 Å². The van der Waals surface area contributed by atoms with Gasteiger partial charge in [-0.15, -0.1) is 0 Å². The minimum atomic E-state index is 0.613. The number of halogens is 2. The van der Waals surface area contributed by atoms with Crippen molar-refractivity contribution in [1.29, 1.82) is 0 Å². The number of H-pyrrole nitrogens is 1. The number of rotatable bonds is 2. The molecule has 78 valence electrons. The summed E-state index contributed by atoms with van der Waals surface area (Å²) in [7, 11) is 1.61. The van der Waals surface area contributed by atoms with E-state index in [9.17, 15) is 0 Å². The fraction of sp³-hybridized carbons (Fsp3) is 0.100. The number of benzene rings is 1. The summed E-state index contributed by atoms with van der Waals surface area (Å²) in [6.45, 7) is 0. The third-order valence-electron chi connectivity index (χ3n) is 2.02. The zero-order valence-electron chi connectivity index (χ0n) is 7.92. The van der Waals surface area contributed by atoms with E-state index in [1.165, 1.54) is 0 Å². The Labute approximate surface area is 101 Å². The number of methoxy groups -OCH3 is 1. The molecule has 0 saturated carbocycles. The summed E-state index contributed by atoms with van der Waals surface area (Å²) in [5, 5.41) is 0.613. The van der Waals surface area contributed by atoms with E-state index < -0.39 is 0 Å². The van der Waals surface area contributed by atoms with Crippen molar-refractivity contribution in [3.05, 3.63) is 34.2 Å². The van der Waals surface area contributed by atoms with Gasteiger partial charge in [0.2, 0.25) is 0 Å². The highest BCUT2D eigenvalue weighted by Gasteiger charge is 2.10. The average Bonchev–Trinajstić information content (AvgIpc) is 2.64. The number of hydrogen-bond donors (Lipinski definition) is 1. The van der Waals surface area contributed by atoms with Crippen LogP contribution in [0.4, 0.5) is 0 Å². The maximum atomic E-state index is 6.12. The van der Waals surface area contributed by atoms with E-state index in [2.05, 4.69) is 25.9 Å². The minimum absolute atomic E-state index is 0.613. The standard InChI is InChI=1S/C10H8BrClN2O/c1-15-6-2-3-7(8(12)4-6)9-10(11)14-5-13-9/h2-5H,1H3,(H,13,14). The predicted octanol–water partition coefficient (Wildman–Crippen LogP) is 3.50. The lowest BCUT2D eigenvalue weighted by Crippen LogP contribution is -1.85. The Morgan fingerprint density at radius 3 is 2.80 bits per heavy atom. The van der Waals surface area contributed by atoms with Gasteiger partial charge in [-0.05, 0) is 34.1 Å². The third-order valence-corrected chi connectivity index (χ3v) is 2.94. The SMILES string of the molecule is COc1ccc(-c2nc[nH]c2Br)c(Cl)c1. The molecule has 0 aliphatic rings. The van der Waals surface area contributed by atoms with Crippen molar-refractivity contribution in [3.8, 4) is 17.0 Å². The first-order chi connectivity index (χ1) is 7.22. The number of hydrogen-bond acceptors (Lipinski definition) is 2. The molecule has 0 atom stereocenters. The first kappa shape index (κ1) is 10.5. The first-order valence-electron chi connectivity index (χ1n) is 4.25. The second-order valence-electron chi connectivity index (χ2n) is 2.91. The molecule has 0 aliphatic carbocycles. The molecule has 1 aromatic carbocycles. The summed E-state index contributed by atoms with van der Waals surface area (Å²) in [4.78, 5) is 7.11. The zero-order chi connectivity index (χ0) is 10.8. The molecule has 2 rings (SSSR count). The molecule has 0 amide bonds. The van der Waals surface area contributed by atoms with Crippen molar-refractivity contribution in [2.24, 2.45) is 0 Å². The topological polar surface area (TPSA) is 37.9 Å². The number of aromatic nitrogens is 2. The Morgan fingerprint density at radius 1 is 1.47 bits per heavy atom. The predicted molar refractivity (Wildman–Crippen MR) is 63.3 cm³/mol. The number of nitrogens with zero attached hydrogens (tertiary/aromatic N) is 1. The van der Waals surface area contributed by atoms with Crippen LogP contribution >= 0.6 is 27.5 Å². The molecule has 0 unspecified atom stereocenters. The molecule has 0 radical (unpaired) electrons. The molecular weight excluding hydrogens is 279 g/mol. The van der Waals surface area contributed by atoms with Gasteiger partial charge < -0.3 is 9.72 Å². The summed E-state index contributed by atoms with van der Waals surface area (Å²) in [5.74, 6) is 0.732. The lowest BCUT2D eigenvalue weighted by atomic mass is 10.1. The largest absolute Gasteiger partial charge is 0.497 e. The number of aromatic amines is 1. The number of nitrogens with one attached hydrogen (secondary N) is 1. The van der Waals surface area contributed by atoms with Gasteiger partial charge in [-0.3, -0.25) is 0 Å². The van der Waals surface area contributed by atoms with E-state index >= 15 is 0 Å². The minimum Gasteiger partial charge on any atom is -0.497 e. The van der Waals surface area contributed by atoms with Gasteiger partial charge in [0.1, 0.15) is 16.0 Å². The second kappa shape index (κ2) is 4.24. The van der Waals surface area contributed by atoms with E-state index in [1.54, 1.807) is 19.5 Å². The van der Waals surface area contributed by atoms with Crippen LogP contribution in [0.3, 0.4) is 0 Å². The Bertz CT molecular complexity index is 484.